The molecule has 1 N–H and O–H groups in total. The van der Waals surface area contributed by atoms with Crippen LogP contribution in [0.3, 0.4) is 0 Å². The van der Waals surface area contributed by atoms with E-state index in [1.165, 1.54) is 0 Å². The predicted molar refractivity (Wildman–Crippen MR) is 108 cm³/mol. The van der Waals surface area contributed by atoms with Crippen LogP contribution in [0.5, 0.6) is 0 Å². The zero-order valence-corrected chi connectivity index (χ0v) is 16.8. The largest absolute Gasteiger partial charge is 0.383 e. The highest BCUT2D eigenvalue weighted by Crippen LogP contribution is 2.41. The summed E-state index contributed by atoms with van der Waals surface area (Å²) in [7, 11) is 1.62. The summed E-state index contributed by atoms with van der Waals surface area (Å²) in [5, 5.41) is 5.03. The van der Waals surface area contributed by atoms with E-state index in [4.69, 9.17) is 4.74 Å². The number of benzene rings is 1. The first kappa shape index (κ1) is 19.6. The number of nitrogens with zero attached hydrogens (tertiary/aromatic N) is 1. The van der Waals surface area contributed by atoms with Gasteiger partial charge in [-0.05, 0) is 43.8 Å². The molecule has 3 rings (SSSR count). The van der Waals surface area contributed by atoms with Crippen LogP contribution in [-0.2, 0) is 14.3 Å². The first-order valence-electron chi connectivity index (χ1n) is 9.22. The Balaban J connectivity index is 1.94. The van der Waals surface area contributed by atoms with Gasteiger partial charge in [-0.15, -0.1) is 11.3 Å². The number of thiophene rings is 1. The van der Waals surface area contributed by atoms with Crippen molar-refractivity contribution < 1.29 is 14.3 Å². The third kappa shape index (κ3) is 4.39. The van der Waals surface area contributed by atoms with Crippen molar-refractivity contribution in [2.75, 3.05) is 18.6 Å². The topological polar surface area (TPSA) is 58.6 Å². The molecule has 0 unspecified atom stereocenters. The normalized spacial score (nSPS) is 21.1. The van der Waals surface area contributed by atoms with E-state index in [0.717, 1.165) is 16.1 Å². The van der Waals surface area contributed by atoms with Crippen LogP contribution in [0.4, 0.5) is 5.69 Å². The minimum atomic E-state index is -0.290. The van der Waals surface area contributed by atoms with Gasteiger partial charge in [0, 0.05) is 30.1 Å². The molecule has 0 spiro atoms. The van der Waals surface area contributed by atoms with Crippen molar-refractivity contribution in [3.05, 3.63) is 52.2 Å². The predicted octanol–water partition coefficient (Wildman–Crippen LogP) is 3.69. The van der Waals surface area contributed by atoms with Gasteiger partial charge in [0.2, 0.25) is 11.8 Å². The Morgan fingerprint density at radius 2 is 2.07 bits per heavy atom. The van der Waals surface area contributed by atoms with Crippen LogP contribution in [0.15, 0.2) is 41.8 Å². The highest BCUT2D eigenvalue weighted by Gasteiger charge is 2.42. The van der Waals surface area contributed by atoms with Gasteiger partial charge >= 0.3 is 0 Å². The highest BCUT2D eigenvalue weighted by atomic mass is 32.1. The van der Waals surface area contributed by atoms with E-state index in [2.05, 4.69) is 5.32 Å². The molecule has 5 nitrogen and oxygen atoms in total. The number of carbonyl (C=O) groups excluding carboxylic acids is 2. The van der Waals surface area contributed by atoms with Gasteiger partial charge in [0.15, 0.2) is 0 Å². The second-order valence-electron chi connectivity index (χ2n) is 7.07. The van der Waals surface area contributed by atoms with Crippen molar-refractivity contribution in [3.8, 4) is 0 Å². The number of piperidine rings is 1. The summed E-state index contributed by atoms with van der Waals surface area (Å²) in [6.45, 7) is 4.40. The Labute approximate surface area is 164 Å². The number of hydrogen-bond donors (Lipinski definition) is 1. The zero-order valence-electron chi connectivity index (χ0n) is 16.0. The molecule has 1 aromatic heterocycles. The number of ether oxygens (including phenoxy) is 1. The number of methoxy groups -OCH3 is 1. The number of rotatable bonds is 6. The van der Waals surface area contributed by atoms with Crippen molar-refractivity contribution in [3.63, 3.8) is 0 Å². The second kappa shape index (κ2) is 8.67. The molecule has 0 saturated carbocycles. The maximum Gasteiger partial charge on any atom is 0.227 e. The lowest BCUT2D eigenvalue weighted by Crippen LogP contribution is -2.50. The minimum absolute atomic E-state index is 0.0254. The SMILES string of the molecule is COC[C@@H](C)NC(=O)[C@H]1CCC(=O)N(c2ccc(C)cc2)[C@@H]1c1cccs1. The van der Waals surface area contributed by atoms with Crippen molar-refractivity contribution in [2.24, 2.45) is 5.92 Å². The van der Waals surface area contributed by atoms with E-state index in [9.17, 15) is 9.59 Å². The average molecular weight is 387 g/mol. The molecular weight excluding hydrogens is 360 g/mol. The molecule has 1 aliphatic heterocycles. The Kier molecular flexibility index (Phi) is 6.29. The van der Waals surface area contributed by atoms with Gasteiger partial charge < -0.3 is 15.0 Å². The Hall–Kier alpha value is -2.18. The van der Waals surface area contributed by atoms with Crippen molar-refractivity contribution >= 4 is 28.8 Å². The number of aryl methyl sites for hydroxylation is 1. The minimum Gasteiger partial charge on any atom is -0.383 e. The Bertz CT molecular complexity index is 773. The van der Waals surface area contributed by atoms with Crippen LogP contribution in [0.1, 0.15) is 36.2 Å². The number of carbonyl (C=O) groups is 2. The molecule has 0 bridgehead atoms. The molecule has 3 atom stereocenters. The fourth-order valence-corrected chi connectivity index (χ4v) is 4.48. The Morgan fingerprint density at radius 3 is 2.70 bits per heavy atom. The van der Waals surface area contributed by atoms with Gasteiger partial charge in [-0.25, -0.2) is 0 Å². The third-order valence-electron chi connectivity index (χ3n) is 4.89. The molecule has 1 aliphatic rings. The zero-order chi connectivity index (χ0) is 19.4. The van der Waals surface area contributed by atoms with Crippen LogP contribution >= 0.6 is 11.3 Å². The van der Waals surface area contributed by atoms with Gasteiger partial charge in [-0.2, -0.15) is 0 Å². The number of anilines is 1. The van der Waals surface area contributed by atoms with Gasteiger partial charge in [0.25, 0.3) is 0 Å². The maximum atomic E-state index is 13.0. The summed E-state index contributed by atoms with van der Waals surface area (Å²) >= 11 is 1.58. The molecule has 27 heavy (non-hydrogen) atoms. The summed E-state index contributed by atoms with van der Waals surface area (Å²) in [5.41, 5.74) is 1.98. The van der Waals surface area contributed by atoms with Crippen LogP contribution in [-0.4, -0.2) is 31.6 Å². The summed E-state index contributed by atoms with van der Waals surface area (Å²) in [5.74, 6) is -0.254. The lowest BCUT2D eigenvalue weighted by molar-refractivity contribution is -0.130. The van der Waals surface area contributed by atoms with Crippen molar-refractivity contribution in [1.82, 2.24) is 5.32 Å². The Morgan fingerprint density at radius 1 is 1.33 bits per heavy atom. The number of amides is 2. The van der Waals surface area contributed by atoms with Gasteiger partial charge in [0.1, 0.15) is 0 Å². The first-order valence-corrected chi connectivity index (χ1v) is 10.1. The molecule has 144 valence electrons. The first-order chi connectivity index (χ1) is 13.0. The fourth-order valence-electron chi connectivity index (χ4n) is 3.60. The van der Waals surface area contributed by atoms with E-state index >= 15 is 0 Å². The number of nitrogens with one attached hydrogen (secondary N) is 1. The second-order valence-corrected chi connectivity index (χ2v) is 8.05. The van der Waals surface area contributed by atoms with Crippen LogP contribution in [0.2, 0.25) is 0 Å². The van der Waals surface area contributed by atoms with Crippen LogP contribution in [0, 0.1) is 12.8 Å². The summed E-state index contributed by atoms with van der Waals surface area (Å²) < 4.78 is 5.13. The maximum absolute atomic E-state index is 13.0. The lowest BCUT2D eigenvalue weighted by atomic mass is 9.86. The standard InChI is InChI=1S/C21H26N2O3S/c1-14-6-8-16(9-7-14)23-19(24)11-10-17(20(23)18-5-4-12-27-18)21(25)22-15(2)13-26-3/h4-9,12,15,17,20H,10-11,13H2,1-3H3,(H,22,25)/t15-,17+,20+/m1/s1. The van der Waals surface area contributed by atoms with E-state index in [1.54, 1.807) is 23.3 Å². The molecule has 1 fully saturated rings. The molecule has 2 amide bonds. The van der Waals surface area contributed by atoms with Crippen LogP contribution < -0.4 is 10.2 Å². The number of hydrogen-bond acceptors (Lipinski definition) is 4. The molecular formula is C21H26N2O3S. The third-order valence-corrected chi connectivity index (χ3v) is 5.83. The molecule has 0 aliphatic carbocycles. The molecule has 2 heterocycles. The van der Waals surface area contributed by atoms with E-state index in [1.807, 2.05) is 55.6 Å². The quantitative estimate of drug-likeness (QED) is 0.824. The smallest absolute Gasteiger partial charge is 0.227 e. The molecule has 6 heteroatoms. The summed E-state index contributed by atoms with van der Waals surface area (Å²) in [6.07, 6.45) is 0.918. The van der Waals surface area contributed by atoms with Crippen molar-refractivity contribution in [1.29, 1.82) is 0 Å². The average Bonchev–Trinajstić information content (AvgIpc) is 3.16. The van der Waals surface area contributed by atoms with Gasteiger partial charge in [-0.1, -0.05) is 23.8 Å². The summed E-state index contributed by atoms with van der Waals surface area (Å²) in [4.78, 5) is 28.7. The lowest BCUT2D eigenvalue weighted by Gasteiger charge is -2.40. The molecule has 0 radical (unpaired) electrons. The van der Waals surface area contributed by atoms with Crippen molar-refractivity contribution in [2.45, 2.75) is 38.8 Å². The van der Waals surface area contributed by atoms with E-state index < -0.39 is 0 Å². The highest BCUT2D eigenvalue weighted by molar-refractivity contribution is 7.10. The van der Waals surface area contributed by atoms with Gasteiger partial charge in [-0.3, -0.25) is 9.59 Å². The van der Waals surface area contributed by atoms with Gasteiger partial charge in [0.05, 0.1) is 18.6 Å². The van der Waals surface area contributed by atoms with E-state index in [0.29, 0.717) is 19.4 Å². The molecule has 1 saturated heterocycles. The molecule has 2 aromatic rings. The monoisotopic (exact) mass is 386 g/mol. The summed E-state index contributed by atoms with van der Waals surface area (Å²) in [6, 6.07) is 11.5. The van der Waals surface area contributed by atoms with Crippen LogP contribution in [0.25, 0.3) is 0 Å². The molecule has 1 aromatic carbocycles. The van der Waals surface area contributed by atoms with E-state index in [-0.39, 0.29) is 29.8 Å². The fraction of sp³-hybridized carbons (Fsp3) is 0.429.